The van der Waals surface area contributed by atoms with Gasteiger partial charge >= 0.3 is 0 Å². The van der Waals surface area contributed by atoms with Crippen molar-refractivity contribution in [1.82, 2.24) is 15.5 Å². The number of nitrogens with zero attached hydrogens (tertiary/aromatic N) is 2. The van der Waals surface area contributed by atoms with Crippen molar-refractivity contribution in [3.63, 3.8) is 0 Å². The van der Waals surface area contributed by atoms with Gasteiger partial charge in [0.1, 0.15) is 0 Å². The van der Waals surface area contributed by atoms with Crippen molar-refractivity contribution >= 4 is 34.9 Å². The van der Waals surface area contributed by atoms with Crippen molar-refractivity contribution in [2.45, 2.75) is 28.4 Å². The molecule has 0 spiro atoms. The van der Waals surface area contributed by atoms with Crippen LogP contribution in [0, 0.1) is 0 Å². The fraction of sp³-hybridized carbons (Fsp3) is 0.818. The van der Waals surface area contributed by atoms with Crippen molar-refractivity contribution in [3.8, 4) is 0 Å². The van der Waals surface area contributed by atoms with Gasteiger partial charge in [0.2, 0.25) is 0 Å². The van der Waals surface area contributed by atoms with Crippen LogP contribution in [0.15, 0.2) is 8.68 Å². The number of hydrogen-bond acceptors (Lipinski definition) is 7. The van der Waals surface area contributed by atoms with Crippen LogP contribution in [0.4, 0.5) is 0 Å². The van der Waals surface area contributed by atoms with Gasteiger partial charge in [0, 0.05) is 25.4 Å². The second-order valence-corrected chi connectivity index (χ2v) is 6.98. The molecule has 18 heavy (non-hydrogen) atoms. The van der Waals surface area contributed by atoms with Gasteiger partial charge in [-0.1, -0.05) is 48.2 Å². The zero-order chi connectivity index (χ0) is 13.1. The van der Waals surface area contributed by atoms with Crippen LogP contribution in [0.3, 0.4) is 0 Å². The topological polar surface area (TPSA) is 47.0 Å². The van der Waals surface area contributed by atoms with Gasteiger partial charge in [-0.3, -0.25) is 0 Å². The van der Waals surface area contributed by atoms with Gasteiger partial charge in [-0.2, -0.15) is 0 Å². The van der Waals surface area contributed by atoms with Crippen LogP contribution in [0.5, 0.6) is 0 Å². The lowest BCUT2D eigenvalue weighted by atomic mass is 10.4. The van der Waals surface area contributed by atoms with Crippen LogP contribution < -0.4 is 5.32 Å². The summed E-state index contributed by atoms with van der Waals surface area (Å²) in [4.78, 5) is 0. The standard InChI is InChI=1S/C11H21N3OS3/c1-3-4-7-15-8-5-12-6-9-17-11-14-13-10(16-2)18-11/h12H,3-9H2,1-2H3. The quantitative estimate of drug-likeness (QED) is 0.501. The third kappa shape index (κ3) is 7.58. The first kappa shape index (κ1) is 16.2. The molecule has 1 aromatic rings. The maximum atomic E-state index is 5.46. The zero-order valence-corrected chi connectivity index (χ0v) is 13.4. The Kier molecular flexibility index (Phi) is 9.96. The predicted octanol–water partition coefficient (Wildman–Crippen LogP) is 2.76. The third-order valence-corrected chi connectivity index (χ3v) is 5.17. The van der Waals surface area contributed by atoms with Crippen LogP contribution in [0.25, 0.3) is 0 Å². The van der Waals surface area contributed by atoms with Gasteiger partial charge in [0.25, 0.3) is 0 Å². The molecule has 0 fully saturated rings. The van der Waals surface area contributed by atoms with Gasteiger partial charge in [-0.05, 0) is 12.7 Å². The lowest BCUT2D eigenvalue weighted by Gasteiger charge is -2.04. The highest BCUT2D eigenvalue weighted by Crippen LogP contribution is 2.26. The molecule has 0 amide bonds. The summed E-state index contributed by atoms with van der Waals surface area (Å²) in [6.45, 7) is 5.77. The molecule has 1 aromatic heterocycles. The van der Waals surface area contributed by atoms with Gasteiger partial charge in [0.05, 0.1) is 6.61 Å². The first-order valence-corrected chi connectivity index (χ1v) is 9.18. The maximum absolute atomic E-state index is 5.46. The molecule has 1 rings (SSSR count). The van der Waals surface area contributed by atoms with Gasteiger partial charge < -0.3 is 10.1 Å². The first-order valence-electron chi connectivity index (χ1n) is 6.15. The molecule has 0 radical (unpaired) electrons. The van der Waals surface area contributed by atoms with Crippen molar-refractivity contribution in [2.24, 2.45) is 0 Å². The minimum absolute atomic E-state index is 0.806. The molecule has 104 valence electrons. The van der Waals surface area contributed by atoms with Crippen molar-refractivity contribution in [1.29, 1.82) is 0 Å². The Morgan fingerprint density at radius 1 is 1.22 bits per heavy atom. The van der Waals surface area contributed by atoms with E-state index in [1.807, 2.05) is 6.26 Å². The smallest absolute Gasteiger partial charge is 0.175 e. The molecule has 1 heterocycles. The Hall–Kier alpha value is 0.180. The summed E-state index contributed by atoms with van der Waals surface area (Å²) >= 11 is 5.06. The summed E-state index contributed by atoms with van der Waals surface area (Å²) in [5, 5.41) is 11.5. The van der Waals surface area contributed by atoms with Crippen LogP contribution in [0.1, 0.15) is 19.8 Å². The van der Waals surface area contributed by atoms with Gasteiger partial charge in [-0.15, -0.1) is 10.2 Å². The number of thioether (sulfide) groups is 2. The van der Waals surface area contributed by atoms with Crippen molar-refractivity contribution < 1.29 is 4.74 Å². The van der Waals surface area contributed by atoms with E-state index in [1.165, 1.54) is 6.42 Å². The molecule has 0 bridgehead atoms. The van der Waals surface area contributed by atoms with Crippen molar-refractivity contribution in [2.75, 3.05) is 38.3 Å². The molecule has 0 aromatic carbocycles. The van der Waals surface area contributed by atoms with Crippen LogP contribution in [-0.2, 0) is 4.74 Å². The first-order chi connectivity index (χ1) is 8.86. The summed E-state index contributed by atoms with van der Waals surface area (Å²) < 4.78 is 7.56. The number of rotatable bonds is 11. The Morgan fingerprint density at radius 3 is 2.78 bits per heavy atom. The molecule has 7 heteroatoms. The molecule has 0 aliphatic heterocycles. The van der Waals surface area contributed by atoms with E-state index in [1.54, 1.807) is 34.9 Å². The second kappa shape index (κ2) is 11.0. The highest BCUT2D eigenvalue weighted by atomic mass is 32.2. The monoisotopic (exact) mass is 307 g/mol. The van der Waals surface area contributed by atoms with E-state index in [2.05, 4.69) is 22.4 Å². The Balaban J connectivity index is 1.89. The summed E-state index contributed by atoms with van der Waals surface area (Å²) in [6, 6.07) is 0. The van der Waals surface area contributed by atoms with E-state index in [9.17, 15) is 0 Å². The molecule has 0 aliphatic rings. The lowest BCUT2D eigenvalue weighted by Crippen LogP contribution is -2.22. The summed E-state index contributed by atoms with van der Waals surface area (Å²) in [5.41, 5.74) is 0. The fourth-order valence-electron chi connectivity index (χ4n) is 1.17. The normalized spacial score (nSPS) is 11.0. The average molecular weight is 308 g/mol. The molecule has 0 saturated heterocycles. The van der Waals surface area contributed by atoms with Crippen LogP contribution >= 0.6 is 34.9 Å². The summed E-state index contributed by atoms with van der Waals surface area (Å²) in [7, 11) is 0. The third-order valence-electron chi connectivity index (χ3n) is 2.13. The number of ether oxygens (including phenoxy) is 1. The number of unbranched alkanes of at least 4 members (excludes halogenated alkanes) is 1. The van der Waals surface area contributed by atoms with Crippen LogP contribution in [-0.4, -0.2) is 48.5 Å². The number of hydrogen-bond donors (Lipinski definition) is 1. The Morgan fingerprint density at radius 2 is 2.06 bits per heavy atom. The molecule has 4 nitrogen and oxygen atoms in total. The van der Waals surface area contributed by atoms with E-state index in [0.717, 1.165) is 47.2 Å². The van der Waals surface area contributed by atoms with E-state index < -0.39 is 0 Å². The molecule has 1 N–H and O–H groups in total. The van der Waals surface area contributed by atoms with E-state index in [-0.39, 0.29) is 0 Å². The minimum Gasteiger partial charge on any atom is -0.380 e. The maximum Gasteiger partial charge on any atom is 0.175 e. The second-order valence-electron chi connectivity index (χ2n) is 3.60. The van der Waals surface area contributed by atoms with E-state index in [4.69, 9.17) is 4.74 Å². The SMILES string of the molecule is CCCCOCCNCCSc1nnc(SC)s1. The largest absolute Gasteiger partial charge is 0.380 e. The predicted molar refractivity (Wildman–Crippen MR) is 81.0 cm³/mol. The fourth-order valence-corrected chi connectivity index (χ4v) is 3.57. The van der Waals surface area contributed by atoms with Crippen molar-refractivity contribution in [3.05, 3.63) is 0 Å². The highest BCUT2D eigenvalue weighted by Gasteiger charge is 2.02. The van der Waals surface area contributed by atoms with Gasteiger partial charge in [-0.25, -0.2) is 0 Å². The van der Waals surface area contributed by atoms with Gasteiger partial charge in [0.15, 0.2) is 8.68 Å². The Bertz CT molecular complexity index is 309. The Labute approximate surface area is 122 Å². The molecular formula is C11H21N3OS3. The summed E-state index contributed by atoms with van der Waals surface area (Å²) in [5.74, 6) is 1.03. The molecule has 0 unspecified atom stereocenters. The van der Waals surface area contributed by atoms with E-state index >= 15 is 0 Å². The molecular weight excluding hydrogens is 286 g/mol. The minimum atomic E-state index is 0.806. The molecule has 0 atom stereocenters. The van der Waals surface area contributed by atoms with Crippen LogP contribution in [0.2, 0.25) is 0 Å². The number of nitrogens with one attached hydrogen (secondary N) is 1. The average Bonchev–Trinajstić information content (AvgIpc) is 2.85. The lowest BCUT2D eigenvalue weighted by molar-refractivity contribution is 0.133. The summed E-state index contributed by atoms with van der Waals surface area (Å²) in [6.07, 6.45) is 4.38. The highest BCUT2D eigenvalue weighted by molar-refractivity contribution is 8.02. The molecule has 0 saturated carbocycles. The van der Waals surface area contributed by atoms with E-state index in [0.29, 0.717) is 0 Å². The number of aromatic nitrogens is 2. The zero-order valence-electron chi connectivity index (χ0n) is 11.0. The molecule has 0 aliphatic carbocycles.